The van der Waals surface area contributed by atoms with Crippen molar-refractivity contribution in [1.29, 1.82) is 0 Å². The van der Waals surface area contributed by atoms with Crippen LogP contribution in [0.1, 0.15) is 0 Å². The van der Waals surface area contributed by atoms with E-state index in [9.17, 15) is 4.79 Å². The maximum absolute atomic E-state index is 10.4. The second-order valence-corrected chi connectivity index (χ2v) is 2.41. The van der Waals surface area contributed by atoms with Crippen LogP contribution in [-0.4, -0.2) is 17.3 Å². The van der Waals surface area contributed by atoms with Gasteiger partial charge in [-0.3, -0.25) is 4.79 Å². The highest BCUT2D eigenvalue weighted by atomic mass is 32.2. The summed E-state index contributed by atoms with van der Waals surface area (Å²) in [6, 6.07) is 0. The Morgan fingerprint density at radius 2 is 2.57 bits per heavy atom. The van der Waals surface area contributed by atoms with Crippen LogP contribution in [0.3, 0.4) is 0 Å². The Morgan fingerprint density at radius 3 is 2.86 bits per heavy atom. The summed E-state index contributed by atoms with van der Waals surface area (Å²) in [7, 11) is 0. The molecular weight excluding hydrogens is 108 g/mol. The van der Waals surface area contributed by atoms with Crippen molar-refractivity contribution in [2.45, 2.75) is 0 Å². The van der Waals surface area contributed by atoms with E-state index in [2.05, 4.69) is 0 Å². The lowest BCUT2D eigenvalue weighted by Crippen LogP contribution is -2.00. The summed E-state index contributed by atoms with van der Waals surface area (Å²) < 4.78 is 0. The van der Waals surface area contributed by atoms with Crippen molar-refractivity contribution < 1.29 is 4.79 Å². The Hall–Kier alpha value is -0.240. The first-order chi connectivity index (χ1) is 3.39. The van der Waals surface area contributed by atoms with E-state index in [1.807, 2.05) is 6.08 Å². The second-order valence-electron chi connectivity index (χ2n) is 1.38. The average Bonchev–Trinajstić information content (AvgIpc) is 1.69. The number of carbonyl (C=O) groups excluding carboxylic acids is 1. The van der Waals surface area contributed by atoms with E-state index in [0.717, 1.165) is 5.75 Å². The predicted molar refractivity (Wildman–Crippen MR) is 31.5 cm³/mol. The smallest absolute Gasteiger partial charge is 0.165 e. The number of carbonyl (C=O) groups is 1. The van der Waals surface area contributed by atoms with E-state index in [-0.39, 0.29) is 5.78 Å². The summed E-state index contributed by atoms with van der Waals surface area (Å²) in [6.45, 7) is 0. The van der Waals surface area contributed by atoms with Gasteiger partial charge in [0.05, 0.1) is 5.75 Å². The third kappa shape index (κ3) is 1.35. The second kappa shape index (κ2) is 2.17. The Balaban J connectivity index is 2.51. The largest absolute Gasteiger partial charge is 0.294 e. The number of hydrogen-bond acceptors (Lipinski definition) is 2. The minimum Gasteiger partial charge on any atom is -0.294 e. The van der Waals surface area contributed by atoms with Crippen molar-refractivity contribution in [3.63, 3.8) is 0 Å². The summed E-state index contributed by atoms with van der Waals surface area (Å²) >= 11 is 1.67. The number of allylic oxidation sites excluding steroid dienone is 1. The number of hydrogen-bond donors (Lipinski definition) is 0. The van der Waals surface area contributed by atoms with Gasteiger partial charge in [-0.2, -0.15) is 0 Å². The number of ketones is 1. The van der Waals surface area contributed by atoms with Crippen LogP contribution in [0.4, 0.5) is 0 Å². The highest BCUT2D eigenvalue weighted by Gasteiger charge is 1.98. The van der Waals surface area contributed by atoms with Gasteiger partial charge in [0.2, 0.25) is 0 Å². The molecule has 0 radical (unpaired) electrons. The summed E-state index contributed by atoms with van der Waals surface area (Å²) in [5.74, 6) is 1.93. The fourth-order valence-corrected chi connectivity index (χ4v) is 1.10. The number of thioether (sulfide) groups is 1. The van der Waals surface area contributed by atoms with E-state index < -0.39 is 0 Å². The fraction of sp³-hybridized carbons (Fsp3) is 0.400. The quantitative estimate of drug-likeness (QED) is 0.464. The Morgan fingerprint density at radius 1 is 1.71 bits per heavy atom. The maximum Gasteiger partial charge on any atom is 0.165 e. The molecule has 0 N–H and O–H groups in total. The van der Waals surface area contributed by atoms with E-state index in [1.54, 1.807) is 17.8 Å². The highest BCUT2D eigenvalue weighted by Crippen LogP contribution is 2.05. The molecule has 2 heteroatoms. The van der Waals surface area contributed by atoms with Crippen LogP contribution in [0.25, 0.3) is 0 Å². The van der Waals surface area contributed by atoms with E-state index in [4.69, 9.17) is 0 Å². The molecule has 0 aromatic heterocycles. The topological polar surface area (TPSA) is 17.1 Å². The Kier molecular flexibility index (Phi) is 1.52. The predicted octanol–water partition coefficient (Wildman–Crippen LogP) is 0.858. The van der Waals surface area contributed by atoms with Gasteiger partial charge in [0.25, 0.3) is 0 Å². The average molecular weight is 114 g/mol. The molecule has 1 heterocycles. The van der Waals surface area contributed by atoms with Crippen molar-refractivity contribution in [3.8, 4) is 0 Å². The van der Waals surface area contributed by atoms with Crippen LogP contribution in [0, 0.1) is 0 Å². The first-order valence-electron chi connectivity index (χ1n) is 2.17. The zero-order valence-electron chi connectivity index (χ0n) is 3.89. The van der Waals surface area contributed by atoms with E-state index >= 15 is 0 Å². The molecule has 0 saturated heterocycles. The van der Waals surface area contributed by atoms with Gasteiger partial charge in [0, 0.05) is 5.75 Å². The van der Waals surface area contributed by atoms with Gasteiger partial charge in [-0.25, -0.2) is 0 Å². The van der Waals surface area contributed by atoms with Crippen molar-refractivity contribution in [2.24, 2.45) is 0 Å². The molecule has 7 heavy (non-hydrogen) atoms. The van der Waals surface area contributed by atoms with Crippen LogP contribution < -0.4 is 0 Å². The van der Waals surface area contributed by atoms with Gasteiger partial charge in [-0.1, -0.05) is 6.08 Å². The minimum absolute atomic E-state index is 0.247. The molecule has 0 amide bonds. The van der Waals surface area contributed by atoms with Crippen molar-refractivity contribution >= 4 is 17.5 Å². The third-order valence-corrected chi connectivity index (χ3v) is 1.68. The lowest BCUT2D eigenvalue weighted by Gasteiger charge is -1.97. The zero-order chi connectivity index (χ0) is 5.11. The lowest BCUT2D eigenvalue weighted by atomic mass is 10.4. The molecule has 0 aromatic rings. The molecule has 0 aliphatic carbocycles. The number of rotatable bonds is 0. The minimum atomic E-state index is 0.247. The lowest BCUT2D eigenvalue weighted by molar-refractivity contribution is -0.112. The van der Waals surface area contributed by atoms with Crippen LogP contribution in [0.5, 0.6) is 0 Å². The molecule has 0 atom stereocenters. The molecule has 1 aliphatic rings. The zero-order valence-corrected chi connectivity index (χ0v) is 4.70. The standard InChI is InChI=1S/C5H6OS/c6-5-2-1-3-7-4-5/h1-2H,3-4H2. The first-order valence-corrected chi connectivity index (χ1v) is 3.32. The van der Waals surface area contributed by atoms with Crippen molar-refractivity contribution in [2.75, 3.05) is 11.5 Å². The highest BCUT2D eigenvalue weighted by molar-refractivity contribution is 8.00. The molecule has 0 fully saturated rings. The molecule has 0 bridgehead atoms. The third-order valence-electron chi connectivity index (χ3n) is 0.762. The van der Waals surface area contributed by atoms with Gasteiger partial charge in [0.15, 0.2) is 5.78 Å². The molecule has 1 rings (SSSR count). The maximum atomic E-state index is 10.4. The molecule has 0 saturated carbocycles. The molecule has 0 unspecified atom stereocenters. The summed E-state index contributed by atoms with van der Waals surface area (Å²) in [6.07, 6.45) is 3.55. The molecule has 1 nitrogen and oxygen atoms in total. The molecule has 0 spiro atoms. The SMILES string of the molecule is O=C1C=CCSC1. The summed E-state index contributed by atoms with van der Waals surface area (Å²) in [4.78, 5) is 10.4. The monoisotopic (exact) mass is 114 g/mol. The first kappa shape index (κ1) is 4.91. The van der Waals surface area contributed by atoms with E-state index in [0.29, 0.717) is 5.75 Å². The van der Waals surface area contributed by atoms with Crippen LogP contribution >= 0.6 is 11.8 Å². The molecular formula is C5H6OS. The molecule has 1 aliphatic heterocycles. The molecule has 0 aromatic carbocycles. The van der Waals surface area contributed by atoms with Crippen LogP contribution in [0.2, 0.25) is 0 Å². The van der Waals surface area contributed by atoms with Gasteiger partial charge >= 0.3 is 0 Å². The van der Waals surface area contributed by atoms with Crippen molar-refractivity contribution in [3.05, 3.63) is 12.2 Å². The van der Waals surface area contributed by atoms with Crippen molar-refractivity contribution in [1.82, 2.24) is 0 Å². The fourth-order valence-electron chi connectivity index (χ4n) is 0.455. The Labute approximate surface area is 46.8 Å². The summed E-state index contributed by atoms with van der Waals surface area (Å²) in [5, 5.41) is 0. The van der Waals surface area contributed by atoms with Crippen LogP contribution in [0.15, 0.2) is 12.2 Å². The van der Waals surface area contributed by atoms with Gasteiger partial charge < -0.3 is 0 Å². The van der Waals surface area contributed by atoms with Crippen LogP contribution in [-0.2, 0) is 4.79 Å². The Bertz CT molecular complexity index is 107. The van der Waals surface area contributed by atoms with Gasteiger partial charge in [-0.05, 0) is 6.08 Å². The normalized spacial score (nSPS) is 20.3. The van der Waals surface area contributed by atoms with Gasteiger partial charge in [0.1, 0.15) is 0 Å². The molecule has 38 valence electrons. The summed E-state index contributed by atoms with van der Waals surface area (Å²) in [5.41, 5.74) is 0. The van der Waals surface area contributed by atoms with Gasteiger partial charge in [-0.15, -0.1) is 11.8 Å². The van der Waals surface area contributed by atoms with E-state index in [1.165, 1.54) is 0 Å².